The number of carbonyl (C=O) groups is 4. The molecule has 11 nitrogen and oxygen atoms in total. The molecule has 1 aliphatic heterocycles. The highest BCUT2D eigenvalue weighted by atomic mass is 16.6. The Balaban J connectivity index is 1.20. The highest BCUT2D eigenvalue weighted by Gasteiger charge is 2.42. The molecule has 1 aliphatic rings. The van der Waals surface area contributed by atoms with Crippen molar-refractivity contribution in [2.45, 2.75) is 51.7 Å². The van der Waals surface area contributed by atoms with Crippen molar-refractivity contribution in [3.8, 4) is 11.4 Å². The first-order valence-electron chi connectivity index (χ1n) is 19.5. The monoisotopic (exact) mass is 789 g/mol. The number of H-pyrrole nitrogens is 1. The third kappa shape index (κ3) is 8.51. The summed E-state index contributed by atoms with van der Waals surface area (Å²) in [7, 11) is 0. The number of carbonyl (C=O) groups excluding carboxylic acids is 3. The molecule has 0 aliphatic carbocycles. The van der Waals surface area contributed by atoms with Crippen molar-refractivity contribution in [2.24, 2.45) is 0 Å². The molecule has 0 radical (unpaired) electrons. The molecule has 59 heavy (non-hydrogen) atoms. The lowest BCUT2D eigenvalue weighted by atomic mass is 10.0. The summed E-state index contributed by atoms with van der Waals surface area (Å²) in [6.45, 7) is 3.32. The number of benzene rings is 5. The van der Waals surface area contributed by atoms with Crippen LogP contribution in [-0.4, -0.2) is 68.7 Å². The van der Waals surface area contributed by atoms with Crippen molar-refractivity contribution in [1.29, 1.82) is 0 Å². The Morgan fingerprint density at radius 1 is 0.797 bits per heavy atom. The van der Waals surface area contributed by atoms with Crippen LogP contribution in [0.3, 0.4) is 0 Å². The first-order chi connectivity index (χ1) is 28.6. The number of rotatable bonds is 13. The van der Waals surface area contributed by atoms with E-state index in [1.54, 1.807) is 24.3 Å². The first kappa shape index (κ1) is 38.9. The van der Waals surface area contributed by atoms with Gasteiger partial charge in [-0.1, -0.05) is 102 Å². The van der Waals surface area contributed by atoms with Crippen LogP contribution in [0.25, 0.3) is 33.2 Å². The number of nitrogens with one attached hydrogen (secondary N) is 1. The van der Waals surface area contributed by atoms with Crippen molar-refractivity contribution < 1.29 is 38.5 Å². The van der Waals surface area contributed by atoms with Crippen LogP contribution in [0.2, 0.25) is 0 Å². The van der Waals surface area contributed by atoms with Gasteiger partial charge in [-0.3, -0.25) is 9.59 Å². The summed E-state index contributed by atoms with van der Waals surface area (Å²) in [4.78, 5) is 58.2. The van der Waals surface area contributed by atoms with Gasteiger partial charge in [0.1, 0.15) is 31.6 Å². The summed E-state index contributed by atoms with van der Waals surface area (Å²) in [5.74, 6) is -2.56. The zero-order valence-corrected chi connectivity index (χ0v) is 32.7. The third-order valence-electron chi connectivity index (χ3n) is 10.7. The Kier molecular flexibility index (Phi) is 11.1. The number of ether oxygens (including phenoxy) is 3. The first-order valence-corrected chi connectivity index (χ1v) is 19.5. The number of amides is 1. The Hall–Kier alpha value is -6.98. The van der Waals surface area contributed by atoms with Crippen LogP contribution >= 0.6 is 0 Å². The van der Waals surface area contributed by atoms with Crippen LogP contribution < -0.4 is 0 Å². The van der Waals surface area contributed by atoms with Gasteiger partial charge in [0.25, 0.3) is 0 Å². The van der Waals surface area contributed by atoms with E-state index in [9.17, 15) is 24.3 Å². The second-order valence-corrected chi connectivity index (χ2v) is 14.9. The van der Waals surface area contributed by atoms with Crippen molar-refractivity contribution in [1.82, 2.24) is 14.5 Å². The van der Waals surface area contributed by atoms with E-state index >= 15 is 0 Å². The van der Waals surface area contributed by atoms with Crippen molar-refractivity contribution in [2.75, 3.05) is 13.2 Å². The average Bonchev–Trinajstić information content (AvgIpc) is 3.94. The van der Waals surface area contributed by atoms with Gasteiger partial charge in [-0.2, -0.15) is 0 Å². The summed E-state index contributed by atoms with van der Waals surface area (Å²) < 4.78 is 20.8. The SMILES string of the molecule is Cc1ccc(C(=O)OC[C@H]2O[C@@H](n3c(-c4cc5ccccc5[nH]4)c(CC(=O)N(CC(=O)O)Cc4ccccc4)c4ccccc43)C[C@@H]2OC(=O)c2ccc(C)cc2)cc1. The quantitative estimate of drug-likeness (QED) is 0.111. The normalized spacial score (nSPS) is 16.3. The molecule has 2 aromatic heterocycles. The fourth-order valence-electron chi connectivity index (χ4n) is 7.72. The molecule has 298 valence electrons. The smallest absolute Gasteiger partial charge is 0.338 e. The van der Waals surface area contributed by atoms with Crippen molar-refractivity contribution in [3.63, 3.8) is 0 Å². The van der Waals surface area contributed by atoms with Crippen molar-refractivity contribution >= 4 is 45.6 Å². The largest absolute Gasteiger partial charge is 0.480 e. The van der Waals surface area contributed by atoms with Gasteiger partial charge in [-0.05, 0) is 67.4 Å². The van der Waals surface area contributed by atoms with Crippen LogP contribution in [0, 0.1) is 13.8 Å². The second kappa shape index (κ2) is 16.9. The zero-order valence-electron chi connectivity index (χ0n) is 32.7. The molecule has 1 amide bonds. The zero-order chi connectivity index (χ0) is 41.0. The van der Waals surface area contributed by atoms with E-state index < -0.39 is 42.9 Å². The van der Waals surface area contributed by atoms with Crippen LogP contribution in [-0.2, 0) is 36.8 Å². The van der Waals surface area contributed by atoms with Crippen LogP contribution in [0.1, 0.15) is 55.6 Å². The standard InChI is InChI=1S/C48H43N3O8/c1-30-16-20-33(21-17-30)47(55)57-29-42-41(59-48(56)34-22-18-31(2)19-23-34)26-44(58-42)51-40-15-9-7-13-36(40)37(46(51)39-24-35-12-6-8-14-38(35)49-39)25-43(52)50(28-45(53)54)27-32-10-4-3-5-11-32/h3-24,41-42,44,49H,25-29H2,1-2H3,(H,53,54)/t41-,42+,44+/m0/s1. The maximum Gasteiger partial charge on any atom is 0.338 e. The van der Waals surface area contributed by atoms with Gasteiger partial charge in [-0.15, -0.1) is 0 Å². The summed E-state index contributed by atoms with van der Waals surface area (Å²) in [5, 5.41) is 11.6. The lowest BCUT2D eigenvalue weighted by molar-refractivity contribution is -0.144. The highest BCUT2D eigenvalue weighted by molar-refractivity contribution is 5.98. The van der Waals surface area contributed by atoms with E-state index in [4.69, 9.17) is 14.2 Å². The Labute approximate surface area is 340 Å². The topological polar surface area (TPSA) is 140 Å². The van der Waals surface area contributed by atoms with E-state index in [2.05, 4.69) is 4.98 Å². The molecule has 2 N–H and O–H groups in total. The van der Waals surface area contributed by atoms with Crippen molar-refractivity contribution in [3.05, 3.63) is 167 Å². The Bertz CT molecular complexity index is 2610. The number of hydrogen-bond acceptors (Lipinski definition) is 7. The molecular weight excluding hydrogens is 747 g/mol. The summed E-state index contributed by atoms with van der Waals surface area (Å²) in [6, 6.07) is 41.0. The van der Waals surface area contributed by atoms with E-state index in [0.717, 1.165) is 38.5 Å². The summed E-state index contributed by atoms with van der Waals surface area (Å²) in [6.07, 6.45) is -2.33. The number of carboxylic acids is 1. The van der Waals surface area contributed by atoms with Gasteiger partial charge in [0.05, 0.1) is 34.5 Å². The number of aryl methyl sites for hydroxylation is 2. The number of aromatic amines is 1. The van der Waals surface area contributed by atoms with Crippen LogP contribution in [0.4, 0.5) is 0 Å². The molecule has 0 bridgehead atoms. The molecule has 1 saturated heterocycles. The molecule has 11 heteroatoms. The molecule has 3 atom stereocenters. The molecule has 8 rings (SSSR count). The van der Waals surface area contributed by atoms with E-state index in [0.29, 0.717) is 28.1 Å². The van der Waals surface area contributed by atoms with E-state index in [1.165, 1.54) is 4.90 Å². The fraction of sp³-hybridized carbons (Fsp3) is 0.208. The number of aromatic nitrogens is 2. The minimum absolute atomic E-state index is 0.117. The molecule has 0 unspecified atom stereocenters. The van der Waals surface area contributed by atoms with Gasteiger partial charge in [-0.25, -0.2) is 9.59 Å². The third-order valence-corrected chi connectivity index (χ3v) is 10.7. The molecular formula is C48H43N3O8. The molecule has 0 spiro atoms. The number of fused-ring (bicyclic) bond motifs is 2. The molecule has 5 aromatic carbocycles. The summed E-state index contributed by atoms with van der Waals surface area (Å²) >= 11 is 0. The number of aliphatic carboxylic acids is 1. The predicted octanol–water partition coefficient (Wildman–Crippen LogP) is 8.43. The number of hydrogen-bond donors (Lipinski definition) is 2. The molecule has 0 saturated carbocycles. The fourth-order valence-corrected chi connectivity index (χ4v) is 7.72. The van der Waals surface area contributed by atoms with Gasteiger partial charge in [0, 0.05) is 29.3 Å². The van der Waals surface area contributed by atoms with E-state index in [1.807, 2.05) is 128 Å². The van der Waals surface area contributed by atoms with Crippen LogP contribution in [0.5, 0.6) is 0 Å². The van der Waals surface area contributed by atoms with Gasteiger partial charge >= 0.3 is 17.9 Å². The van der Waals surface area contributed by atoms with E-state index in [-0.39, 0.29) is 31.9 Å². The molecule has 7 aromatic rings. The van der Waals surface area contributed by atoms with Crippen LogP contribution in [0.15, 0.2) is 133 Å². The predicted molar refractivity (Wildman–Crippen MR) is 223 cm³/mol. The minimum Gasteiger partial charge on any atom is -0.480 e. The number of nitrogens with zero attached hydrogens (tertiary/aromatic N) is 2. The minimum atomic E-state index is -1.12. The highest BCUT2D eigenvalue weighted by Crippen LogP contribution is 2.42. The van der Waals surface area contributed by atoms with Gasteiger partial charge in [0.15, 0.2) is 0 Å². The Morgan fingerprint density at radius 3 is 2.14 bits per heavy atom. The average molecular weight is 790 g/mol. The number of para-hydroxylation sites is 2. The Morgan fingerprint density at radius 2 is 1.44 bits per heavy atom. The molecule has 3 heterocycles. The maximum absolute atomic E-state index is 14.4. The maximum atomic E-state index is 14.4. The summed E-state index contributed by atoms with van der Waals surface area (Å²) in [5.41, 5.74) is 7.25. The lowest BCUT2D eigenvalue weighted by Gasteiger charge is -2.22. The van der Waals surface area contributed by atoms with Gasteiger partial charge < -0.3 is 33.8 Å². The lowest BCUT2D eigenvalue weighted by Crippen LogP contribution is -2.36. The number of esters is 2. The van der Waals surface area contributed by atoms with Gasteiger partial charge in [0.2, 0.25) is 5.91 Å². The number of carboxylic acid groups (broad SMARTS) is 1. The second-order valence-electron chi connectivity index (χ2n) is 14.9. The molecule has 1 fully saturated rings.